The Kier molecular flexibility index (Phi) is 3.74. The molecule has 0 aliphatic carbocycles. The minimum Gasteiger partial charge on any atom is -0.481 e. The molecule has 0 amide bonds. The van der Waals surface area contributed by atoms with Gasteiger partial charge in [0.05, 0.1) is 13.0 Å². The van der Waals surface area contributed by atoms with Crippen molar-refractivity contribution in [1.29, 1.82) is 0 Å². The third-order valence-electron chi connectivity index (χ3n) is 3.06. The fourth-order valence-electron chi connectivity index (χ4n) is 2.28. The number of carbonyl (C=O) groups is 2. The Labute approximate surface area is 114 Å². The summed E-state index contributed by atoms with van der Waals surface area (Å²) in [5.74, 6) is -2.18. The molecule has 1 N–H and O–H groups in total. The molecule has 5 nitrogen and oxygen atoms in total. The van der Waals surface area contributed by atoms with Crippen molar-refractivity contribution in [2.45, 2.75) is 13.3 Å². The van der Waals surface area contributed by atoms with E-state index >= 15 is 0 Å². The fraction of sp³-hybridized carbons (Fsp3) is 0.286. The van der Waals surface area contributed by atoms with Crippen LogP contribution < -0.4 is 0 Å². The van der Waals surface area contributed by atoms with Crippen molar-refractivity contribution in [3.05, 3.63) is 35.3 Å². The number of aliphatic carboxylic acids is 1. The first-order chi connectivity index (χ1) is 9.45. The number of carboxylic acid groups (broad SMARTS) is 1. The average molecular weight is 279 g/mol. The fourth-order valence-corrected chi connectivity index (χ4v) is 2.28. The number of aromatic nitrogens is 1. The lowest BCUT2D eigenvalue weighted by molar-refractivity contribution is -0.136. The van der Waals surface area contributed by atoms with Crippen LogP contribution in [0.4, 0.5) is 4.39 Å². The van der Waals surface area contributed by atoms with E-state index in [1.165, 1.54) is 22.8 Å². The van der Waals surface area contributed by atoms with Crippen LogP contribution in [0.1, 0.15) is 23.0 Å². The molecular formula is C14H14FNO4. The molecule has 20 heavy (non-hydrogen) atoms. The van der Waals surface area contributed by atoms with Crippen molar-refractivity contribution in [3.8, 4) is 0 Å². The van der Waals surface area contributed by atoms with Crippen LogP contribution in [0, 0.1) is 5.82 Å². The van der Waals surface area contributed by atoms with Crippen LogP contribution in [0.3, 0.4) is 0 Å². The molecule has 1 aromatic carbocycles. The number of hydrogen-bond acceptors (Lipinski definition) is 3. The largest absolute Gasteiger partial charge is 0.481 e. The van der Waals surface area contributed by atoms with Crippen molar-refractivity contribution in [3.63, 3.8) is 0 Å². The van der Waals surface area contributed by atoms with Crippen molar-refractivity contribution in [2.24, 2.45) is 7.05 Å². The maximum atomic E-state index is 13.4. The molecule has 0 unspecified atom stereocenters. The monoisotopic (exact) mass is 279 g/mol. The third kappa shape index (κ3) is 2.36. The minimum absolute atomic E-state index is 0.148. The molecule has 1 heterocycles. The molecule has 6 heteroatoms. The number of carboxylic acids is 1. The summed E-state index contributed by atoms with van der Waals surface area (Å²) in [6.45, 7) is 1.85. The normalized spacial score (nSPS) is 10.8. The predicted octanol–water partition coefficient (Wildman–Crippen LogP) is 2.12. The number of hydrogen-bond donors (Lipinski definition) is 1. The number of aryl methyl sites for hydroxylation is 1. The first-order valence-corrected chi connectivity index (χ1v) is 6.11. The van der Waals surface area contributed by atoms with Crippen LogP contribution in [0.25, 0.3) is 10.9 Å². The van der Waals surface area contributed by atoms with E-state index < -0.39 is 17.8 Å². The van der Waals surface area contributed by atoms with E-state index in [0.717, 1.165) is 0 Å². The van der Waals surface area contributed by atoms with Gasteiger partial charge in [-0.15, -0.1) is 0 Å². The molecule has 0 spiro atoms. The minimum atomic E-state index is -1.09. The Morgan fingerprint density at radius 2 is 2.10 bits per heavy atom. The predicted molar refractivity (Wildman–Crippen MR) is 70.2 cm³/mol. The molecule has 2 aromatic rings. The summed E-state index contributed by atoms with van der Waals surface area (Å²) >= 11 is 0. The SMILES string of the molecule is CCOC(=O)c1c(CC(=O)O)c2cc(F)ccc2n1C. The highest BCUT2D eigenvalue weighted by Crippen LogP contribution is 2.27. The highest BCUT2D eigenvalue weighted by molar-refractivity contribution is 6.00. The third-order valence-corrected chi connectivity index (χ3v) is 3.06. The molecule has 0 fully saturated rings. The van der Waals surface area contributed by atoms with E-state index in [9.17, 15) is 14.0 Å². The molecular weight excluding hydrogens is 265 g/mol. The highest BCUT2D eigenvalue weighted by Gasteiger charge is 2.23. The second-order valence-electron chi connectivity index (χ2n) is 4.34. The first-order valence-electron chi connectivity index (χ1n) is 6.11. The standard InChI is InChI=1S/C14H14FNO4/c1-3-20-14(19)13-10(7-12(17)18)9-6-8(15)4-5-11(9)16(13)2/h4-6H,3,7H2,1-2H3,(H,17,18). The molecule has 1 aromatic heterocycles. The van der Waals surface area contributed by atoms with E-state index in [1.54, 1.807) is 14.0 Å². The van der Waals surface area contributed by atoms with Gasteiger partial charge in [0.1, 0.15) is 11.5 Å². The number of benzene rings is 1. The summed E-state index contributed by atoms with van der Waals surface area (Å²) in [5.41, 5.74) is 1.01. The Morgan fingerprint density at radius 3 is 2.70 bits per heavy atom. The lowest BCUT2D eigenvalue weighted by Crippen LogP contribution is -2.13. The van der Waals surface area contributed by atoms with Crippen molar-refractivity contribution >= 4 is 22.8 Å². The van der Waals surface area contributed by atoms with E-state index in [-0.39, 0.29) is 24.3 Å². The van der Waals surface area contributed by atoms with E-state index in [2.05, 4.69) is 0 Å². The van der Waals surface area contributed by atoms with Gasteiger partial charge in [-0.25, -0.2) is 9.18 Å². The molecule has 0 bridgehead atoms. The average Bonchev–Trinajstić information content (AvgIpc) is 2.62. The van der Waals surface area contributed by atoms with Gasteiger partial charge in [-0.1, -0.05) is 0 Å². The van der Waals surface area contributed by atoms with Gasteiger partial charge in [0, 0.05) is 23.5 Å². The van der Waals surface area contributed by atoms with Crippen LogP contribution in [-0.2, 0) is 23.0 Å². The van der Waals surface area contributed by atoms with E-state index in [1.807, 2.05) is 0 Å². The van der Waals surface area contributed by atoms with Gasteiger partial charge in [-0.2, -0.15) is 0 Å². The molecule has 0 radical (unpaired) electrons. The Balaban J connectivity index is 2.73. The number of ether oxygens (including phenoxy) is 1. The van der Waals surface area contributed by atoms with Gasteiger partial charge < -0.3 is 14.4 Å². The number of carbonyl (C=O) groups excluding carboxylic acids is 1. The molecule has 0 saturated heterocycles. The second-order valence-corrected chi connectivity index (χ2v) is 4.34. The number of halogens is 1. The summed E-state index contributed by atoms with van der Waals surface area (Å²) in [7, 11) is 1.62. The summed E-state index contributed by atoms with van der Waals surface area (Å²) in [4.78, 5) is 23.0. The van der Waals surface area contributed by atoms with Gasteiger partial charge in [-0.05, 0) is 25.1 Å². The Hall–Kier alpha value is -2.37. The molecule has 106 valence electrons. The molecule has 0 aliphatic heterocycles. The summed E-state index contributed by atoms with van der Waals surface area (Å²) in [5, 5.41) is 9.40. The lowest BCUT2D eigenvalue weighted by Gasteiger charge is -2.05. The quantitative estimate of drug-likeness (QED) is 0.870. The number of nitrogens with zero attached hydrogens (tertiary/aromatic N) is 1. The van der Waals surface area contributed by atoms with Crippen molar-refractivity contribution in [2.75, 3.05) is 6.61 Å². The second kappa shape index (κ2) is 5.32. The maximum absolute atomic E-state index is 13.4. The summed E-state index contributed by atoms with van der Waals surface area (Å²) < 4.78 is 19.8. The summed E-state index contributed by atoms with van der Waals surface area (Å²) in [6, 6.07) is 4.01. The maximum Gasteiger partial charge on any atom is 0.355 e. The first kappa shape index (κ1) is 14.0. The van der Waals surface area contributed by atoms with Gasteiger partial charge in [-0.3, -0.25) is 4.79 Å². The zero-order valence-corrected chi connectivity index (χ0v) is 11.1. The molecule has 2 rings (SSSR count). The van der Waals surface area contributed by atoms with Gasteiger partial charge in [0.2, 0.25) is 0 Å². The topological polar surface area (TPSA) is 68.5 Å². The van der Waals surface area contributed by atoms with Crippen LogP contribution in [-0.4, -0.2) is 28.2 Å². The van der Waals surface area contributed by atoms with Gasteiger partial charge in [0.25, 0.3) is 0 Å². The Morgan fingerprint density at radius 1 is 1.40 bits per heavy atom. The smallest absolute Gasteiger partial charge is 0.355 e. The van der Waals surface area contributed by atoms with Crippen LogP contribution >= 0.6 is 0 Å². The van der Waals surface area contributed by atoms with E-state index in [0.29, 0.717) is 10.9 Å². The van der Waals surface area contributed by atoms with Crippen LogP contribution in [0.2, 0.25) is 0 Å². The lowest BCUT2D eigenvalue weighted by atomic mass is 10.1. The van der Waals surface area contributed by atoms with Crippen molar-refractivity contribution in [1.82, 2.24) is 4.57 Å². The van der Waals surface area contributed by atoms with Crippen LogP contribution in [0.15, 0.2) is 18.2 Å². The zero-order chi connectivity index (χ0) is 14.9. The van der Waals surface area contributed by atoms with Gasteiger partial charge in [0.15, 0.2) is 0 Å². The number of esters is 1. The molecule has 0 atom stereocenters. The molecule has 0 aliphatic rings. The number of rotatable bonds is 4. The highest BCUT2D eigenvalue weighted by atomic mass is 19.1. The molecule has 0 saturated carbocycles. The van der Waals surface area contributed by atoms with Gasteiger partial charge >= 0.3 is 11.9 Å². The Bertz CT molecular complexity index is 690. The number of fused-ring (bicyclic) bond motifs is 1. The zero-order valence-electron chi connectivity index (χ0n) is 11.1. The van der Waals surface area contributed by atoms with Crippen molar-refractivity contribution < 1.29 is 23.8 Å². The van der Waals surface area contributed by atoms with Crippen LogP contribution in [0.5, 0.6) is 0 Å². The summed E-state index contributed by atoms with van der Waals surface area (Å²) in [6.07, 6.45) is -0.366. The van der Waals surface area contributed by atoms with E-state index in [4.69, 9.17) is 9.84 Å².